The van der Waals surface area contributed by atoms with Gasteiger partial charge in [0.2, 0.25) is 0 Å². The van der Waals surface area contributed by atoms with Crippen molar-refractivity contribution in [3.63, 3.8) is 0 Å². The number of fused-ring (bicyclic) bond motifs is 3. The van der Waals surface area contributed by atoms with Crippen LogP contribution in [0.25, 0.3) is 56.4 Å². The van der Waals surface area contributed by atoms with E-state index < -0.39 is 25.5 Å². The molecule has 8 heteroatoms. The van der Waals surface area contributed by atoms with Gasteiger partial charge < -0.3 is 13.9 Å². The maximum atomic E-state index is 14.0. The van der Waals surface area contributed by atoms with Crippen LogP contribution < -0.4 is 16.1 Å². The van der Waals surface area contributed by atoms with Gasteiger partial charge in [0.15, 0.2) is 17.5 Å². The van der Waals surface area contributed by atoms with Crippen molar-refractivity contribution in [2.45, 2.75) is 38.9 Å². The molecule has 6 aromatic rings. The maximum Gasteiger partial charge on any atom is 0.494 e. The van der Waals surface area contributed by atoms with Crippen molar-refractivity contribution in [1.29, 1.82) is 0 Å². The van der Waals surface area contributed by atoms with Gasteiger partial charge in [0, 0.05) is 27.3 Å². The fourth-order valence-corrected chi connectivity index (χ4v) is 8.84. The van der Waals surface area contributed by atoms with E-state index in [9.17, 15) is 4.57 Å². The standard InChI is InChI=1S/C40H35BN3O3P/c1-39(2)40(3,4)47-41(46-39)29-21-22-30(28-20-23-35-32(24-28)31-18-12-13-19-34(31)48(35,5)45)33(25-29)38-43-36(26-14-8-6-9-15-26)42-37(44-38)27-16-10-7-11-17-27/h6-25H,1-5H3. The molecule has 1 unspecified atom stereocenters. The van der Waals surface area contributed by atoms with Crippen molar-refractivity contribution in [2.24, 2.45) is 0 Å². The molecule has 2 aliphatic rings. The van der Waals surface area contributed by atoms with E-state index >= 15 is 0 Å². The van der Waals surface area contributed by atoms with Gasteiger partial charge in [-0.05, 0) is 74.2 Å². The molecule has 0 amide bonds. The molecule has 5 aromatic carbocycles. The first kappa shape index (κ1) is 30.6. The molecule has 0 radical (unpaired) electrons. The molecule has 0 saturated carbocycles. The van der Waals surface area contributed by atoms with Gasteiger partial charge in [-0.2, -0.15) is 0 Å². The highest BCUT2D eigenvalue weighted by atomic mass is 31.2. The molecular weight excluding hydrogens is 612 g/mol. The molecule has 0 spiro atoms. The lowest BCUT2D eigenvalue weighted by Gasteiger charge is -2.32. The lowest BCUT2D eigenvalue weighted by molar-refractivity contribution is 0.00578. The van der Waals surface area contributed by atoms with E-state index in [0.717, 1.165) is 55.0 Å². The van der Waals surface area contributed by atoms with Crippen molar-refractivity contribution < 1.29 is 13.9 Å². The van der Waals surface area contributed by atoms with E-state index in [1.807, 2.05) is 91.6 Å². The van der Waals surface area contributed by atoms with E-state index in [1.54, 1.807) is 0 Å². The number of aromatic nitrogens is 3. The van der Waals surface area contributed by atoms with Crippen molar-refractivity contribution in [3.8, 4) is 56.4 Å². The molecule has 1 saturated heterocycles. The average Bonchev–Trinajstić information content (AvgIpc) is 3.47. The minimum absolute atomic E-state index is 0.494. The van der Waals surface area contributed by atoms with Crippen LogP contribution in [0.4, 0.5) is 0 Å². The topological polar surface area (TPSA) is 74.2 Å². The Morgan fingerprint density at radius 2 is 1.06 bits per heavy atom. The summed E-state index contributed by atoms with van der Waals surface area (Å²) < 4.78 is 27.0. The number of rotatable bonds is 5. The van der Waals surface area contributed by atoms with E-state index in [1.165, 1.54) is 0 Å². The van der Waals surface area contributed by atoms with Crippen LogP contribution >= 0.6 is 7.14 Å². The highest BCUT2D eigenvalue weighted by Gasteiger charge is 2.51. The fraction of sp³-hybridized carbons (Fsp3) is 0.175. The Kier molecular flexibility index (Phi) is 7.15. The van der Waals surface area contributed by atoms with E-state index in [4.69, 9.17) is 24.3 Å². The SMILES string of the molecule is CC1(C)OB(c2ccc(-c3ccc4c(c3)-c3ccccc3P4(C)=O)c(-c3nc(-c4ccccc4)nc(-c4ccccc4)n3)c2)OC1(C)C. The Bertz CT molecular complexity index is 2180. The summed E-state index contributed by atoms with van der Waals surface area (Å²) in [6.07, 6.45) is 0. The van der Waals surface area contributed by atoms with E-state index in [-0.39, 0.29) is 0 Å². The van der Waals surface area contributed by atoms with Crippen LogP contribution in [0.5, 0.6) is 0 Å². The molecule has 3 heterocycles. The number of benzene rings is 5. The van der Waals surface area contributed by atoms with Gasteiger partial charge in [0.25, 0.3) is 0 Å². The van der Waals surface area contributed by atoms with Gasteiger partial charge in [0.1, 0.15) is 7.14 Å². The van der Waals surface area contributed by atoms with Crippen molar-refractivity contribution in [3.05, 3.63) is 121 Å². The van der Waals surface area contributed by atoms with Crippen molar-refractivity contribution >= 4 is 30.3 Å². The quantitative estimate of drug-likeness (QED) is 0.141. The van der Waals surface area contributed by atoms with Crippen LogP contribution in [0, 0.1) is 0 Å². The highest BCUT2D eigenvalue weighted by Crippen LogP contribution is 2.50. The molecule has 1 fully saturated rings. The third kappa shape index (κ3) is 5.05. The molecule has 0 N–H and O–H groups in total. The van der Waals surface area contributed by atoms with Crippen LogP contribution in [0.1, 0.15) is 27.7 Å². The summed E-state index contributed by atoms with van der Waals surface area (Å²) in [6.45, 7) is 10.1. The normalized spacial score (nSPS) is 18.8. The van der Waals surface area contributed by atoms with Gasteiger partial charge in [-0.1, -0.05) is 109 Å². The molecule has 1 atom stereocenters. The zero-order valence-corrected chi connectivity index (χ0v) is 28.5. The molecule has 0 bridgehead atoms. The summed E-state index contributed by atoms with van der Waals surface area (Å²) in [5.41, 5.74) is 6.45. The fourth-order valence-electron chi connectivity index (χ4n) is 6.55. The summed E-state index contributed by atoms with van der Waals surface area (Å²) in [4.78, 5) is 15.1. The maximum absolute atomic E-state index is 14.0. The average molecular weight is 648 g/mol. The lowest BCUT2D eigenvalue weighted by atomic mass is 9.77. The molecule has 0 aliphatic carbocycles. The second kappa shape index (κ2) is 11.2. The van der Waals surface area contributed by atoms with Crippen LogP contribution in [-0.2, 0) is 13.9 Å². The second-order valence-corrected chi connectivity index (χ2v) is 16.4. The summed E-state index contributed by atoms with van der Waals surface area (Å²) in [5, 5.41) is 1.80. The summed E-state index contributed by atoms with van der Waals surface area (Å²) >= 11 is 0. The number of hydrogen-bond acceptors (Lipinski definition) is 6. The first-order valence-corrected chi connectivity index (χ1v) is 18.4. The first-order chi connectivity index (χ1) is 23.0. The monoisotopic (exact) mass is 647 g/mol. The van der Waals surface area contributed by atoms with Gasteiger partial charge in [-0.3, -0.25) is 0 Å². The molecule has 2 aliphatic heterocycles. The minimum Gasteiger partial charge on any atom is -0.399 e. The second-order valence-electron chi connectivity index (χ2n) is 13.6. The predicted molar refractivity (Wildman–Crippen MR) is 196 cm³/mol. The smallest absolute Gasteiger partial charge is 0.399 e. The number of hydrogen-bond donors (Lipinski definition) is 0. The highest BCUT2D eigenvalue weighted by molar-refractivity contribution is 7.79. The molecule has 48 heavy (non-hydrogen) atoms. The predicted octanol–water partition coefficient (Wildman–Crippen LogP) is 7.76. The third-order valence-electron chi connectivity index (χ3n) is 9.93. The third-order valence-corrected chi connectivity index (χ3v) is 12.5. The van der Waals surface area contributed by atoms with Gasteiger partial charge in [-0.15, -0.1) is 0 Å². The molecular formula is C40H35BN3O3P. The summed E-state index contributed by atoms with van der Waals surface area (Å²) in [5.74, 6) is 1.71. The lowest BCUT2D eigenvalue weighted by Crippen LogP contribution is -2.41. The van der Waals surface area contributed by atoms with E-state index in [0.29, 0.717) is 17.5 Å². The van der Waals surface area contributed by atoms with Crippen molar-refractivity contribution in [1.82, 2.24) is 15.0 Å². The molecule has 236 valence electrons. The van der Waals surface area contributed by atoms with Crippen LogP contribution in [0.15, 0.2) is 121 Å². The zero-order valence-electron chi connectivity index (χ0n) is 27.6. The van der Waals surface area contributed by atoms with Crippen LogP contribution in [0.3, 0.4) is 0 Å². The largest absolute Gasteiger partial charge is 0.494 e. The molecule has 1 aromatic heterocycles. The Morgan fingerprint density at radius 3 is 1.69 bits per heavy atom. The minimum atomic E-state index is -2.70. The summed E-state index contributed by atoms with van der Waals surface area (Å²) in [6, 6.07) is 40.5. The van der Waals surface area contributed by atoms with E-state index in [2.05, 4.69) is 64.1 Å². The Morgan fingerprint density at radius 1 is 0.521 bits per heavy atom. The van der Waals surface area contributed by atoms with Crippen LogP contribution in [-0.4, -0.2) is 39.9 Å². The van der Waals surface area contributed by atoms with Gasteiger partial charge in [0.05, 0.1) is 11.2 Å². The van der Waals surface area contributed by atoms with Gasteiger partial charge >= 0.3 is 7.12 Å². The zero-order chi connectivity index (χ0) is 33.3. The summed E-state index contributed by atoms with van der Waals surface area (Å²) in [7, 11) is -3.26. The molecule has 6 nitrogen and oxygen atoms in total. The Balaban J connectivity index is 1.35. The van der Waals surface area contributed by atoms with Crippen molar-refractivity contribution in [2.75, 3.05) is 6.66 Å². The number of nitrogens with zero attached hydrogens (tertiary/aromatic N) is 3. The van der Waals surface area contributed by atoms with Gasteiger partial charge in [-0.25, -0.2) is 15.0 Å². The Labute approximate surface area is 281 Å². The Hall–Kier alpha value is -4.68. The first-order valence-electron chi connectivity index (χ1n) is 16.2. The van der Waals surface area contributed by atoms with Crippen LogP contribution in [0.2, 0.25) is 0 Å². The molecule has 8 rings (SSSR count).